The lowest BCUT2D eigenvalue weighted by Crippen LogP contribution is -2.40. The van der Waals surface area contributed by atoms with E-state index in [1.54, 1.807) is 0 Å². The molecule has 2 atom stereocenters. The lowest BCUT2D eigenvalue weighted by Gasteiger charge is -2.31. The predicted molar refractivity (Wildman–Crippen MR) is 41.8 cm³/mol. The Morgan fingerprint density at radius 3 is 2.12 bits per heavy atom. The second-order valence-corrected chi connectivity index (χ2v) is 2.55. The summed E-state index contributed by atoms with van der Waals surface area (Å²) >= 11 is 4.13. The summed E-state index contributed by atoms with van der Waals surface area (Å²) in [5.41, 5.74) is 5.58. The quantitative estimate of drug-likeness (QED) is 0.542. The summed E-state index contributed by atoms with van der Waals surface area (Å²) < 4.78 is 0. The van der Waals surface area contributed by atoms with Crippen molar-refractivity contribution in [2.24, 2.45) is 11.7 Å². The Hall–Kier alpha value is 0.600. The fourth-order valence-electron chi connectivity index (χ4n) is 0.821. The molecule has 1 nitrogen and oxygen atoms in total. The van der Waals surface area contributed by atoms with Crippen LogP contribution in [0.4, 0.5) is 0 Å². The maximum Gasteiger partial charge on any atom is 0.00750 e. The van der Waals surface area contributed by atoms with Gasteiger partial charge < -0.3 is 5.73 Å². The summed E-state index contributed by atoms with van der Waals surface area (Å²) in [6, 6.07) is 0.470. The number of nitrogens with two attached hydrogens (primary N) is 1. The van der Waals surface area contributed by atoms with Gasteiger partial charge in [-0.25, -0.2) is 0 Å². The molecule has 1 aliphatic carbocycles. The molecule has 1 saturated carbocycles. The van der Waals surface area contributed by atoms with Gasteiger partial charge in [-0.15, -0.1) is 12.4 Å². The second-order valence-electron chi connectivity index (χ2n) is 2.18. The first-order valence-electron chi connectivity index (χ1n) is 2.71. The first kappa shape index (κ1) is 8.60. The summed E-state index contributed by atoms with van der Waals surface area (Å²) in [4.78, 5) is 0. The summed E-state index contributed by atoms with van der Waals surface area (Å²) in [6.07, 6.45) is 2.51. The molecule has 0 aromatic rings. The molecule has 0 aliphatic heterocycles. The summed E-state index contributed by atoms with van der Waals surface area (Å²) in [6.45, 7) is 0. The van der Waals surface area contributed by atoms with Crippen molar-refractivity contribution in [3.05, 3.63) is 0 Å². The molecule has 3 heteroatoms. The molecule has 0 aromatic heterocycles. The van der Waals surface area contributed by atoms with Gasteiger partial charge in [-0.2, -0.15) is 12.6 Å². The maximum atomic E-state index is 5.58. The fourth-order valence-corrected chi connectivity index (χ4v) is 1.27. The molecule has 0 radical (unpaired) electrons. The Balaban J connectivity index is 0.000000490. The highest BCUT2D eigenvalue weighted by Crippen LogP contribution is 2.25. The molecule has 0 amide bonds. The molecular formula is C5H12ClNS. The lowest BCUT2D eigenvalue weighted by atomic mass is 9.82. The Bertz CT molecular complexity index is 67.4. The van der Waals surface area contributed by atoms with Gasteiger partial charge in [0.15, 0.2) is 0 Å². The van der Waals surface area contributed by atoms with Crippen molar-refractivity contribution < 1.29 is 0 Å². The number of thiol groups is 1. The van der Waals surface area contributed by atoms with E-state index in [9.17, 15) is 0 Å². The maximum absolute atomic E-state index is 5.58. The van der Waals surface area contributed by atoms with Crippen LogP contribution in [0.5, 0.6) is 0 Å². The van der Waals surface area contributed by atoms with Gasteiger partial charge in [0.2, 0.25) is 0 Å². The van der Waals surface area contributed by atoms with E-state index in [1.165, 1.54) is 12.8 Å². The Morgan fingerprint density at radius 1 is 1.50 bits per heavy atom. The zero-order valence-electron chi connectivity index (χ0n) is 4.71. The van der Waals surface area contributed by atoms with Crippen molar-refractivity contribution in [2.75, 3.05) is 5.75 Å². The van der Waals surface area contributed by atoms with Crippen LogP contribution in [0.25, 0.3) is 0 Å². The molecule has 1 aliphatic rings. The molecule has 0 saturated heterocycles. The Kier molecular flexibility index (Phi) is 3.86. The van der Waals surface area contributed by atoms with E-state index in [4.69, 9.17) is 5.73 Å². The van der Waals surface area contributed by atoms with Gasteiger partial charge >= 0.3 is 0 Å². The van der Waals surface area contributed by atoms with Gasteiger partial charge in [-0.3, -0.25) is 0 Å². The van der Waals surface area contributed by atoms with Crippen LogP contribution in [0.2, 0.25) is 0 Å². The highest BCUT2D eigenvalue weighted by atomic mass is 35.5. The van der Waals surface area contributed by atoms with Crippen molar-refractivity contribution in [1.29, 1.82) is 0 Å². The minimum Gasteiger partial charge on any atom is -0.327 e. The third-order valence-electron chi connectivity index (χ3n) is 1.71. The smallest absolute Gasteiger partial charge is 0.00750 e. The lowest BCUT2D eigenvalue weighted by molar-refractivity contribution is 0.288. The molecule has 0 unspecified atom stereocenters. The van der Waals surface area contributed by atoms with Crippen molar-refractivity contribution >= 4 is 25.0 Å². The minimum absolute atomic E-state index is 0. The topological polar surface area (TPSA) is 26.0 Å². The van der Waals surface area contributed by atoms with Crippen molar-refractivity contribution in [1.82, 2.24) is 0 Å². The van der Waals surface area contributed by atoms with Crippen molar-refractivity contribution in [2.45, 2.75) is 18.9 Å². The number of halogens is 1. The van der Waals surface area contributed by atoms with E-state index >= 15 is 0 Å². The van der Waals surface area contributed by atoms with Crippen LogP contribution in [0.1, 0.15) is 12.8 Å². The van der Waals surface area contributed by atoms with Gasteiger partial charge in [0, 0.05) is 6.04 Å². The molecule has 50 valence electrons. The van der Waals surface area contributed by atoms with E-state index in [1.807, 2.05) is 0 Å². The van der Waals surface area contributed by atoms with Crippen molar-refractivity contribution in [3.8, 4) is 0 Å². The monoisotopic (exact) mass is 153 g/mol. The summed E-state index contributed by atoms with van der Waals surface area (Å²) in [7, 11) is 0. The SMILES string of the molecule is Cl.N[C@@H]1CC[C@H]1CS. The average molecular weight is 154 g/mol. The van der Waals surface area contributed by atoms with Crippen LogP contribution < -0.4 is 5.73 Å². The predicted octanol–water partition coefficient (Wildman–Crippen LogP) is 1.08. The first-order chi connectivity index (χ1) is 3.34. The molecule has 8 heavy (non-hydrogen) atoms. The van der Waals surface area contributed by atoms with Crippen LogP contribution in [0.15, 0.2) is 0 Å². The minimum atomic E-state index is 0. The number of hydrogen-bond acceptors (Lipinski definition) is 2. The zero-order valence-corrected chi connectivity index (χ0v) is 6.42. The molecule has 0 heterocycles. The van der Waals surface area contributed by atoms with Crippen LogP contribution in [-0.4, -0.2) is 11.8 Å². The van der Waals surface area contributed by atoms with Crippen LogP contribution in [0, 0.1) is 5.92 Å². The first-order valence-corrected chi connectivity index (χ1v) is 3.34. The van der Waals surface area contributed by atoms with E-state index in [0.29, 0.717) is 6.04 Å². The third-order valence-corrected chi connectivity index (χ3v) is 2.18. The third kappa shape index (κ3) is 1.54. The highest BCUT2D eigenvalue weighted by molar-refractivity contribution is 7.80. The van der Waals surface area contributed by atoms with E-state index < -0.39 is 0 Å². The average Bonchev–Trinajstić information content (AvgIpc) is 1.65. The van der Waals surface area contributed by atoms with E-state index in [0.717, 1.165) is 11.7 Å². The van der Waals surface area contributed by atoms with Crippen molar-refractivity contribution in [3.63, 3.8) is 0 Å². The molecule has 1 rings (SSSR count). The normalized spacial score (nSPS) is 35.2. The van der Waals surface area contributed by atoms with Gasteiger partial charge in [-0.05, 0) is 24.5 Å². The highest BCUT2D eigenvalue weighted by Gasteiger charge is 2.25. The summed E-state index contributed by atoms with van der Waals surface area (Å²) in [5, 5.41) is 0. The van der Waals surface area contributed by atoms with Crippen LogP contribution >= 0.6 is 25.0 Å². The fraction of sp³-hybridized carbons (Fsp3) is 1.00. The van der Waals surface area contributed by atoms with Crippen LogP contribution in [-0.2, 0) is 0 Å². The van der Waals surface area contributed by atoms with Gasteiger partial charge in [0.25, 0.3) is 0 Å². The Labute approximate surface area is 61.8 Å². The molecule has 0 bridgehead atoms. The number of hydrogen-bond donors (Lipinski definition) is 2. The van der Waals surface area contributed by atoms with E-state index in [2.05, 4.69) is 12.6 Å². The van der Waals surface area contributed by atoms with Gasteiger partial charge in [0.1, 0.15) is 0 Å². The largest absolute Gasteiger partial charge is 0.327 e. The molecule has 0 aromatic carbocycles. The molecule has 1 fully saturated rings. The second kappa shape index (κ2) is 3.59. The summed E-state index contributed by atoms with van der Waals surface area (Å²) in [5.74, 6) is 1.70. The van der Waals surface area contributed by atoms with Gasteiger partial charge in [0.05, 0.1) is 0 Å². The van der Waals surface area contributed by atoms with Crippen LogP contribution in [0.3, 0.4) is 0 Å². The Morgan fingerprint density at radius 2 is 2.12 bits per heavy atom. The molecule has 2 N–H and O–H groups in total. The standard InChI is InChI=1S/C5H11NS.ClH/c6-5-2-1-4(5)3-7;/h4-5,7H,1-3,6H2;1H/t4-,5+;/m0./s1. The van der Waals surface area contributed by atoms with Gasteiger partial charge in [-0.1, -0.05) is 0 Å². The molecule has 0 spiro atoms. The number of rotatable bonds is 1. The molecular weight excluding hydrogens is 142 g/mol. The zero-order chi connectivity index (χ0) is 5.28. The van der Waals surface area contributed by atoms with E-state index in [-0.39, 0.29) is 12.4 Å².